The third kappa shape index (κ3) is 7.99. The molecule has 3 N–H and O–H groups in total. The SMILES string of the molecule is CCCC[C@@H]1C[C@@H](NC(=O)C2(CC(CCC)C(=O)OC(C)(C)C)CCCC2)CC[C@H]1C(N)=O. The summed E-state index contributed by atoms with van der Waals surface area (Å²) in [6, 6.07) is 0.0820. The zero-order valence-electron chi connectivity index (χ0n) is 21.7. The van der Waals surface area contributed by atoms with E-state index in [-0.39, 0.29) is 41.6 Å². The molecule has 2 fully saturated rings. The van der Waals surface area contributed by atoms with Crippen LogP contribution in [0.25, 0.3) is 0 Å². The molecule has 0 heterocycles. The zero-order chi connectivity index (χ0) is 24.6. The summed E-state index contributed by atoms with van der Waals surface area (Å²) in [4.78, 5) is 38.6. The summed E-state index contributed by atoms with van der Waals surface area (Å²) >= 11 is 0. The normalized spacial score (nSPS) is 25.9. The van der Waals surface area contributed by atoms with Crippen LogP contribution >= 0.6 is 0 Å². The Morgan fingerprint density at radius 1 is 1.09 bits per heavy atom. The maximum absolute atomic E-state index is 13.7. The van der Waals surface area contributed by atoms with Crippen molar-refractivity contribution in [2.75, 3.05) is 0 Å². The van der Waals surface area contributed by atoms with Gasteiger partial charge in [0.05, 0.1) is 11.3 Å². The Labute approximate surface area is 201 Å². The average Bonchev–Trinajstić information content (AvgIpc) is 3.20. The monoisotopic (exact) mass is 464 g/mol. The number of amides is 2. The number of esters is 1. The highest BCUT2D eigenvalue weighted by Gasteiger charge is 2.45. The first-order valence-electron chi connectivity index (χ1n) is 13.3. The number of nitrogens with two attached hydrogens (primary N) is 1. The van der Waals surface area contributed by atoms with Gasteiger partial charge >= 0.3 is 5.97 Å². The van der Waals surface area contributed by atoms with E-state index in [9.17, 15) is 14.4 Å². The molecule has 2 saturated carbocycles. The molecule has 4 atom stereocenters. The number of unbranched alkanes of at least 4 members (excludes halogenated alkanes) is 1. The molecular formula is C27H48N2O4. The Hall–Kier alpha value is -1.59. The molecule has 0 radical (unpaired) electrons. The number of nitrogens with one attached hydrogen (secondary N) is 1. The second-order valence-electron chi connectivity index (χ2n) is 11.6. The maximum Gasteiger partial charge on any atom is 0.309 e. The van der Waals surface area contributed by atoms with Crippen LogP contribution in [-0.2, 0) is 19.1 Å². The van der Waals surface area contributed by atoms with Crippen molar-refractivity contribution < 1.29 is 19.1 Å². The highest BCUT2D eigenvalue weighted by Crippen LogP contribution is 2.45. The Morgan fingerprint density at radius 2 is 1.76 bits per heavy atom. The van der Waals surface area contributed by atoms with Gasteiger partial charge in [0.15, 0.2) is 0 Å². The van der Waals surface area contributed by atoms with Crippen molar-refractivity contribution in [3.8, 4) is 0 Å². The Kier molecular flexibility index (Phi) is 10.2. The molecule has 0 aromatic heterocycles. The van der Waals surface area contributed by atoms with Crippen molar-refractivity contribution in [3.63, 3.8) is 0 Å². The standard InChI is InChI=1S/C27H48N2O4/c1-6-8-12-19-17-21(13-14-22(19)23(28)30)29-25(32)27(15-9-10-16-27)18-20(11-7-2)24(31)33-26(3,4)5/h19-22H,6-18H2,1-5H3,(H2,28,30)(H,29,32)/t19-,20?,21+,22-/m1/s1. The lowest BCUT2D eigenvalue weighted by Crippen LogP contribution is -2.49. The third-order valence-corrected chi connectivity index (χ3v) is 7.67. The van der Waals surface area contributed by atoms with Gasteiger partial charge in [0.25, 0.3) is 0 Å². The lowest BCUT2D eigenvalue weighted by molar-refractivity contribution is -0.162. The quantitative estimate of drug-likeness (QED) is 0.407. The van der Waals surface area contributed by atoms with E-state index in [1.54, 1.807) is 0 Å². The Balaban J connectivity index is 2.10. The molecule has 6 nitrogen and oxygen atoms in total. The van der Waals surface area contributed by atoms with E-state index in [0.717, 1.165) is 77.0 Å². The molecule has 2 rings (SSSR count). The lowest BCUT2D eigenvalue weighted by atomic mass is 9.72. The van der Waals surface area contributed by atoms with Gasteiger partial charge in [-0.25, -0.2) is 0 Å². The number of rotatable bonds is 11. The predicted octanol–water partition coefficient (Wildman–Crippen LogP) is 5.27. The van der Waals surface area contributed by atoms with Gasteiger partial charge in [0, 0.05) is 12.0 Å². The van der Waals surface area contributed by atoms with Crippen LogP contribution in [0.4, 0.5) is 0 Å². The van der Waals surface area contributed by atoms with Crippen molar-refractivity contribution in [2.24, 2.45) is 28.9 Å². The summed E-state index contributed by atoms with van der Waals surface area (Å²) in [6.07, 6.45) is 11.4. The number of hydrogen-bond acceptors (Lipinski definition) is 4. The first kappa shape index (κ1) is 27.7. The van der Waals surface area contributed by atoms with Gasteiger partial charge < -0.3 is 15.8 Å². The fourth-order valence-corrected chi connectivity index (χ4v) is 5.98. The van der Waals surface area contributed by atoms with E-state index in [0.29, 0.717) is 6.42 Å². The minimum Gasteiger partial charge on any atom is -0.460 e. The van der Waals surface area contributed by atoms with Crippen LogP contribution in [0.15, 0.2) is 0 Å². The molecule has 2 aliphatic rings. The summed E-state index contributed by atoms with van der Waals surface area (Å²) in [5.41, 5.74) is 4.66. The number of carbonyl (C=O) groups excluding carboxylic acids is 3. The molecule has 2 amide bonds. The molecule has 2 aliphatic carbocycles. The first-order valence-corrected chi connectivity index (χ1v) is 13.3. The topological polar surface area (TPSA) is 98.5 Å². The van der Waals surface area contributed by atoms with Crippen LogP contribution in [0.3, 0.4) is 0 Å². The van der Waals surface area contributed by atoms with Gasteiger partial charge in [-0.1, -0.05) is 46.0 Å². The van der Waals surface area contributed by atoms with E-state index in [1.165, 1.54) is 0 Å². The van der Waals surface area contributed by atoms with Crippen molar-refractivity contribution >= 4 is 17.8 Å². The Bertz CT molecular complexity index is 664. The summed E-state index contributed by atoms with van der Waals surface area (Å²) in [7, 11) is 0. The van der Waals surface area contributed by atoms with Crippen LogP contribution in [0, 0.1) is 23.2 Å². The second-order valence-corrected chi connectivity index (χ2v) is 11.6. The van der Waals surface area contributed by atoms with E-state index < -0.39 is 11.0 Å². The minimum absolute atomic E-state index is 0.0776. The molecule has 190 valence electrons. The number of carbonyl (C=O) groups is 3. The molecule has 0 aromatic carbocycles. The summed E-state index contributed by atoms with van der Waals surface area (Å²) in [5, 5.41) is 3.36. The Morgan fingerprint density at radius 3 is 2.30 bits per heavy atom. The van der Waals surface area contributed by atoms with E-state index in [4.69, 9.17) is 10.5 Å². The molecule has 6 heteroatoms. The fourth-order valence-electron chi connectivity index (χ4n) is 5.98. The predicted molar refractivity (Wildman–Crippen MR) is 131 cm³/mol. The van der Waals surface area contributed by atoms with Gasteiger partial charge in [-0.2, -0.15) is 0 Å². The highest BCUT2D eigenvalue weighted by molar-refractivity contribution is 5.84. The number of ether oxygens (including phenoxy) is 1. The smallest absolute Gasteiger partial charge is 0.309 e. The second kappa shape index (κ2) is 12.2. The fraction of sp³-hybridized carbons (Fsp3) is 0.889. The third-order valence-electron chi connectivity index (χ3n) is 7.67. The van der Waals surface area contributed by atoms with Crippen LogP contribution in [0.5, 0.6) is 0 Å². The van der Waals surface area contributed by atoms with E-state index in [2.05, 4.69) is 19.2 Å². The van der Waals surface area contributed by atoms with E-state index >= 15 is 0 Å². The molecule has 1 unspecified atom stereocenters. The van der Waals surface area contributed by atoms with Crippen molar-refractivity contribution in [2.45, 2.75) is 130 Å². The molecule has 0 bridgehead atoms. The van der Waals surface area contributed by atoms with Crippen molar-refractivity contribution in [1.82, 2.24) is 5.32 Å². The summed E-state index contributed by atoms with van der Waals surface area (Å²) < 4.78 is 5.71. The average molecular weight is 465 g/mol. The van der Waals surface area contributed by atoms with Crippen molar-refractivity contribution in [3.05, 3.63) is 0 Å². The minimum atomic E-state index is -0.527. The summed E-state index contributed by atoms with van der Waals surface area (Å²) in [5.74, 6) is -0.359. The largest absolute Gasteiger partial charge is 0.460 e. The molecule has 0 aliphatic heterocycles. The van der Waals surface area contributed by atoms with Crippen LogP contribution < -0.4 is 11.1 Å². The van der Waals surface area contributed by atoms with Gasteiger partial charge in [0.2, 0.25) is 11.8 Å². The van der Waals surface area contributed by atoms with Gasteiger partial charge in [-0.3, -0.25) is 14.4 Å². The maximum atomic E-state index is 13.7. The molecular weight excluding hydrogens is 416 g/mol. The number of hydrogen-bond donors (Lipinski definition) is 2. The zero-order valence-corrected chi connectivity index (χ0v) is 21.7. The van der Waals surface area contributed by atoms with Gasteiger partial charge in [0.1, 0.15) is 5.60 Å². The first-order chi connectivity index (χ1) is 15.5. The van der Waals surface area contributed by atoms with Gasteiger partial charge in [-0.05, 0) is 78.1 Å². The van der Waals surface area contributed by atoms with E-state index in [1.807, 2.05) is 20.8 Å². The molecule has 33 heavy (non-hydrogen) atoms. The van der Waals surface area contributed by atoms with Crippen LogP contribution in [0.1, 0.15) is 118 Å². The number of primary amides is 1. The van der Waals surface area contributed by atoms with Crippen LogP contribution in [-0.4, -0.2) is 29.4 Å². The molecule has 0 aromatic rings. The molecule has 0 spiro atoms. The lowest BCUT2D eigenvalue weighted by Gasteiger charge is -2.38. The summed E-state index contributed by atoms with van der Waals surface area (Å²) in [6.45, 7) is 9.91. The van der Waals surface area contributed by atoms with Crippen LogP contribution in [0.2, 0.25) is 0 Å². The molecule has 0 saturated heterocycles. The highest BCUT2D eigenvalue weighted by atomic mass is 16.6. The van der Waals surface area contributed by atoms with Gasteiger partial charge in [-0.15, -0.1) is 0 Å². The van der Waals surface area contributed by atoms with Crippen molar-refractivity contribution in [1.29, 1.82) is 0 Å².